The van der Waals surface area contributed by atoms with Crippen LogP contribution in [-0.2, 0) is 14.9 Å². The summed E-state index contributed by atoms with van der Waals surface area (Å²) in [5, 5.41) is 10.6. The van der Waals surface area contributed by atoms with Crippen LogP contribution in [0.5, 0.6) is 0 Å². The minimum absolute atomic E-state index is 0.00813. The minimum atomic E-state index is -0.703. The van der Waals surface area contributed by atoms with Gasteiger partial charge in [0, 0.05) is 12.8 Å². The van der Waals surface area contributed by atoms with Crippen molar-refractivity contribution in [1.29, 1.82) is 0 Å². The Labute approximate surface area is 120 Å². The zero-order valence-corrected chi connectivity index (χ0v) is 12.1. The Balaban J connectivity index is 2.10. The van der Waals surface area contributed by atoms with Crippen molar-refractivity contribution in [2.75, 3.05) is 0 Å². The highest BCUT2D eigenvalue weighted by Crippen LogP contribution is 2.53. The Bertz CT molecular complexity index is 525. The van der Waals surface area contributed by atoms with E-state index >= 15 is 0 Å². The zero-order chi connectivity index (χ0) is 14.3. The number of hydrogen-bond acceptors (Lipinski definition) is 3. The van der Waals surface area contributed by atoms with Crippen molar-refractivity contribution >= 4 is 5.97 Å². The van der Waals surface area contributed by atoms with Crippen molar-refractivity contribution in [2.45, 2.75) is 57.2 Å². The molecular formula is C17H22O3. The molecule has 0 unspecified atom stereocenters. The van der Waals surface area contributed by atoms with Crippen LogP contribution in [0.25, 0.3) is 0 Å². The molecule has 0 saturated heterocycles. The summed E-state index contributed by atoms with van der Waals surface area (Å²) in [5.74, 6) is -0.0913. The first-order valence-electron chi connectivity index (χ1n) is 7.49. The largest absolute Gasteiger partial charge is 0.459 e. The van der Waals surface area contributed by atoms with Gasteiger partial charge in [-0.3, -0.25) is 4.79 Å². The van der Waals surface area contributed by atoms with Crippen molar-refractivity contribution in [1.82, 2.24) is 0 Å². The van der Waals surface area contributed by atoms with Crippen molar-refractivity contribution in [3.8, 4) is 0 Å². The first-order chi connectivity index (χ1) is 9.54. The van der Waals surface area contributed by atoms with E-state index < -0.39 is 12.2 Å². The van der Waals surface area contributed by atoms with Gasteiger partial charge < -0.3 is 9.84 Å². The SMILES string of the molecule is CC(=O)O[C@H]1[C@@H](O)c2ccccc2[C@@]2(C)CCCC[C@@H]12. The predicted octanol–water partition coefficient (Wildman–Crippen LogP) is 3.11. The molecule has 3 heteroatoms. The van der Waals surface area contributed by atoms with Crippen LogP contribution >= 0.6 is 0 Å². The Morgan fingerprint density at radius 2 is 2.10 bits per heavy atom. The fourth-order valence-corrected chi connectivity index (χ4v) is 4.23. The third-order valence-corrected chi connectivity index (χ3v) is 5.18. The number of ether oxygens (including phenoxy) is 1. The lowest BCUT2D eigenvalue weighted by molar-refractivity contribution is -0.163. The number of carbonyl (C=O) groups is 1. The van der Waals surface area contributed by atoms with Crippen LogP contribution in [0, 0.1) is 5.92 Å². The summed E-state index contributed by atoms with van der Waals surface area (Å²) in [5.41, 5.74) is 2.17. The molecule has 1 aromatic carbocycles. The van der Waals surface area contributed by atoms with Gasteiger partial charge in [-0.2, -0.15) is 0 Å². The number of benzene rings is 1. The number of carbonyl (C=O) groups excluding carboxylic acids is 1. The van der Waals surface area contributed by atoms with Gasteiger partial charge in [-0.1, -0.05) is 44.0 Å². The van der Waals surface area contributed by atoms with E-state index in [0.29, 0.717) is 0 Å². The Kier molecular flexibility index (Phi) is 3.33. The van der Waals surface area contributed by atoms with Crippen LogP contribution in [0.3, 0.4) is 0 Å². The summed E-state index contributed by atoms with van der Waals surface area (Å²) in [4.78, 5) is 11.4. The lowest BCUT2D eigenvalue weighted by Crippen LogP contribution is -2.50. The standard InChI is InChI=1S/C17H22O3/c1-11(18)20-16-14-9-5-6-10-17(14,2)13-8-4-3-7-12(13)15(16)19/h3-4,7-8,14-16,19H,5-6,9-10H2,1-2H3/t14-,15-,16+,17+/m0/s1. The van der Waals surface area contributed by atoms with Gasteiger partial charge in [0.2, 0.25) is 0 Å². The van der Waals surface area contributed by atoms with E-state index in [4.69, 9.17) is 4.74 Å². The lowest BCUT2D eigenvalue weighted by Gasteiger charge is -2.51. The molecule has 1 N–H and O–H groups in total. The van der Waals surface area contributed by atoms with Crippen molar-refractivity contribution in [3.63, 3.8) is 0 Å². The molecule has 1 saturated carbocycles. The second kappa shape index (κ2) is 4.88. The second-order valence-electron chi connectivity index (χ2n) is 6.38. The van der Waals surface area contributed by atoms with Gasteiger partial charge >= 0.3 is 5.97 Å². The predicted molar refractivity (Wildman–Crippen MR) is 76.3 cm³/mol. The summed E-state index contributed by atoms with van der Waals surface area (Å²) in [7, 11) is 0. The maximum Gasteiger partial charge on any atom is 0.303 e. The third kappa shape index (κ3) is 1.96. The van der Waals surface area contributed by atoms with E-state index in [9.17, 15) is 9.90 Å². The zero-order valence-electron chi connectivity index (χ0n) is 12.1. The summed E-state index contributed by atoms with van der Waals surface area (Å²) in [6, 6.07) is 8.07. The molecule has 20 heavy (non-hydrogen) atoms. The van der Waals surface area contributed by atoms with Gasteiger partial charge in [0.15, 0.2) is 0 Å². The monoisotopic (exact) mass is 274 g/mol. The van der Waals surface area contributed by atoms with Crippen molar-refractivity contribution in [3.05, 3.63) is 35.4 Å². The van der Waals surface area contributed by atoms with Crippen LogP contribution in [0.1, 0.15) is 56.8 Å². The highest BCUT2D eigenvalue weighted by atomic mass is 16.6. The topological polar surface area (TPSA) is 46.5 Å². The van der Waals surface area contributed by atoms with E-state index in [0.717, 1.165) is 24.8 Å². The molecule has 0 radical (unpaired) electrons. The Hall–Kier alpha value is -1.35. The first kappa shape index (κ1) is 13.6. The number of fused-ring (bicyclic) bond motifs is 3. The fraction of sp³-hybridized carbons (Fsp3) is 0.588. The highest BCUT2D eigenvalue weighted by Gasteiger charge is 2.51. The normalized spacial score (nSPS) is 35.9. The van der Waals surface area contributed by atoms with Crippen LogP contribution in [-0.4, -0.2) is 17.2 Å². The quantitative estimate of drug-likeness (QED) is 0.800. The van der Waals surface area contributed by atoms with Crippen molar-refractivity contribution in [2.24, 2.45) is 5.92 Å². The van der Waals surface area contributed by atoms with Gasteiger partial charge in [0.25, 0.3) is 0 Å². The molecule has 4 atom stereocenters. The molecule has 0 bridgehead atoms. The van der Waals surface area contributed by atoms with Crippen LogP contribution < -0.4 is 0 Å². The second-order valence-corrected chi connectivity index (χ2v) is 6.38. The van der Waals surface area contributed by atoms with E-state index in [-0.39, 0.29) is 17.3 Å². The number of aliphatic hydroxyl groups excluding tert-OH is 1. The summed E-state index contributed by atoms with van der Waals surface area (Å²) in [6.07, 6.45) is 3.34. The van der Waals surface area contributed by atoms with E-state index in [2.05, 4.69) is 13.0 Å². The molecule has 1 aromatic rings. The molecule has 1 fully saturated rings. The molecule has 3 rings (SSSR count). The van der Waals surface area contributed by atoms with Crippen LogP contribution in [0.4, 0.5) is 0 Å². The van der Waals surface area contributed by atoms with E-state index in [1.54, 1.807) is 0 Å². The molecule has 0 heterocycles. The fourth-order valence-electron chi connectivity index (χ4n) is 4.23. The Morgan fingerprint density at radius 1 is 1.35 bits per heavy atom. The molecule has 0 aliphatic heterocycles. The van der Waals surface area contributed by atoms with Crippen LogP contribution in [0.15, 0.2) is 24.3 Å². The van der Waals surface area contributed by atoms with Gasteiger partial charge in [-0.05, 0) is 29.4 Å². The maximum absolute atomic E-state index is 11.4. The highest BCUT2D eigenvalue weighted by molar-refractivity contribution is 5.66. The van der Waals surface area contributed by atoms with Gasteiger partial charge in [-0.15, -0.1) is 0 Å². The molecule has 108 valence electrons. The molecule has 0 aromatic heterocycles. The van der Waals surface area contributed by atoms with Gasteiger partial charge in [0.1, 0.15) is 12.2 Å². The average Bonchev–Trinajstić information content (AvgIpc) is 2.44. The van der Waals surface area contributed by atoms with Gasteiger partial charge in [-0.25, -0.2) is 0 Å². The molecule has 2 aliphatic carbocycles. The van der Waals surface area contributed by atoms with Crippen LogP contribution in [0.2, 0.25) is 0 Å². The smallest absolute Gasteiger partial charge is 0.303 e. The minimum Gasteiger partial charge on any atom is -0.459 e. The number of aliphatic hydroxyl groups is 1. The summed E-state index contributed by atoms with van der Waals surface area (Å²) in [6.45, 7) is 3.69. The number of esters is 1. The molecule has 3 nitrogen and oxygen atoms in total. The van der Waals surface area contributed by atoms with Crippen molar-refractivity contribution < 1.29 is 14.6 Å². The number of hydrogen-bond donors (Lipinski definition) is 1. The maximum atomic E-state index is 11.4. The van der Waals surface area contributed by atoms with Gasteiger partial charge in [0.05, 0.1) is 0 Å². The third-order valence-electron chi connectivity index (χ3n) is 5.18. The summed E-state index contributed by atoms with van der Waals surface area (Å²) < 4.78 is 5.51. The van der Waals surface area contributed by atoms with E-state index in [1.807, 2.05) is 18.2 Å². The summed E-state index contributed by atoms with van der Waals surface area (Å²) >= 11 is 0. The molecule has 0 amide bonds. The van der Waals surface area contributed by atoms with E-state index in [1.165, 1.54) is 18.9 Å². The Morgan fingerprint density at radius 3 is 2.85 bits per heavy atom. The number of rotatable bonds is 1. The molecule has 2 aliphatic rings. The average molecular weight is 274 g/mol. The molecule has 0 spiro atoms. The molecular weight excluding hydrogens is 252 g/mol. The first-order valence-corrected chi connectivity index (χ1v) is 7.49. The lowest BCUT2D eigenvalue weighted by atomic mass is 9.56.